The molecule has 140 valence electrons. The maximum absolute atomic E-state index is 12.7. The molecule has 2 aromatic carbocycles. The van der Waals surface area contributed by atoms with Crippen LogP contribution < -0.4 is 10.1 Å². The molecule has 0 aliphatic rings. The number of anilines is 1. The summed E-state index contributed by atoms with van der Waals surface area (Å²) in [6.45, 7) is 2.61. The summed E-state index contributed by atoms with van der Waals surface area (Å²) in [5.41, 5.74) is 2.76. The lowest BCUT2D eigenvalue weighted by Gasteiger charge is -2.22. The van der Waals surface area contributed by atoms with Crippen molar-refractivity contribution in [2.45, 2.75) is 13.5 Å². The summed E-state index contributed by atoms with van der Waals surface area (Å²) < 4.78 is 5.93. The number of ether oxygens (including phenoxy) is 1. The number of aliphatic hydroxyl groups excluding tert-OH is 1. The van der Waals surface area contributed by atoms with E-state index in [-0.39, 0.29) is 19.2 Å². The molecule has 3 rings (SSSR count). The Morgan fingerprint density at radius 3 is 2.63 bits per heavy atom. The first-order valence-electron chi connectivity index (χ1n) is 8.67. The monoisotopic (exact) mass is 382 g/mol. The fraction of sp³-hybridized carbons (Fsp3) is 0.190. The Hall–Kier alpha value is -2.83. The van der Waals surface area contributed by atoms with E-state index in [0.29, 0.717) is 23.7 Å². The number of para-hydroxylation sites is 2. The summed E-state index contributed by atoms with van der Waals surface area (Å²) in [6, 6.07) is 16.7. The van der Waals surface area contributed by atoms with Crippen molar-refractivity contribution in [1.82, 2.24) is 4.90 Å². The van der Waals surface area contributed by atoms with Gasteiger partial charge in [0, 0.05) is 13.1 Å². The largest absolute Gasteiger partial charge is 0.455 e. The lowest BCUT2D eigenvalue weighted by Crippen LogP contribution is -2.36. The zero-order valence-corrected chi connectivity index (χ0v) is 15.9. The van der Waals surface area contributed by atoms with E-state index in [9.17, 15) is 9.90 Å². The van der Waals surface area contributed by atoms with E-state index in [1.165, 1.54) is 0 Å². The Morgan fingerprint density at radius 1 is 1.15 bits per heavy atom. The Morgan fingerprint density at radius 2 is 1.93 bits per heavy atom. The van der Waals surface area contributed by atoms with Crippen molar-refractivity contribution in [2.24, 2.45) is 0 Å². The van der Waals surface area contributed by atoms with Gasteiger partial charge in [0.25, 0.3) is 0 Å². The standard InChI is InChI=1S/C21H22N2O3S/c1-16-6-8-18(9-7-16)26-20-5-3-2-4-19(20)22-21(25)23(11-12-24)14-17-10-13-27-15-17/h2-10,13,15,24H,11-12,14H2,1H3,(H,22,25). The fourth-order valence-corrected chi connectivity index (χ4v) is 3.22. The van der Waals surface area contributed by atoms with Crippen molar-refractivity contribution < 1.29 is 14.6 Å². The third-order valence-electron chi connectivity index (χ3n) is 3.99. The van der Waals surface area contributed by atoms with Crippen LogP contribution in [0.1, 0.15) is 11.1 Å². The van der Waals surface area contributed by atoms with Crippen LogP contribution >= 0.6 is 11.3 Å². The van der Waals surface area contributed by atoms with E-state index in [1.807, 2.05) is 66.2 Å². The number of nitrogens with one attached hydrogen (secondary N) is 1. The van der Waals surface area contributed by atoms with Gasteiger partial charge in [-0.05, 0) is 53.6 Å². The summed E-state index contributed by atoms with van der Waals surface area (Å²) in [7, 11) is 0. The lowest BCUT2D eigenvalue weighted by molar-refractivity contribution is 0.185. The van der Waals surface area contributed by atoms with Gasteiger partial charge in [0.1, 0.15) is 5.75 Å². The third-order valence-corrected chi connectivity index (χ3v) is 4.72. The highest BCUT2D eigenvalue weighted by atomic mass is 32.1. The van der Waals surface area contributed by atoms with Crippen molar-refractivity contribution >= 4 is 23.1 Å². The minimum Gasteiger partial charge on any atom is -0.455 e. The Labute approximate surface area is 162 Å². The number of rotatable bonds is 7. The van der Waals surface area contributed by atoms with Crippen LogP contribution in [-0.2, 0) is 6.54 Å². The molecule has 0 aliphatic heterocycles. The summed E-state index contributed by atoms with van der Waals surface area (Å²) in [5.74, 6) is 1.27. The molecule has 3 aromatic rings. The minimum absolute atomic E-state index is 0.0981. The predicted molar refractivity (Wildman–Crippen MR) is 109 cm³/mol. The molecule has 0 aliphatic carbocycles. The lowest BCUT2D eigenvalue weighted by atomic mass is 10.2. The number of amides is 2. The number of carbonyl (C=O) groups is 1. The van der Waals surface area contributed by atoms with Crippen molar-refractivity contribution in [3.05, 3.63) is 76.5 Å². The highest BCUT2D eigenvalue weighted by Crippen LogP contribution is 2.29. The topological polar surface area (TPSA) is 61.8 Å². The average molecular weight is 382 g/mol. The van der Waals surface area contributed by atoms with Gasteiger partial charge in [-0.15, -0.1) is 0 Å². The molecule has 0 spiro atoms. The molecule has 0 saturated heterocycles. The smallest absolute Gasteiger partial charge is 0.322 e. The summed E-state index contributed by atoms with van der Waals surface area (Å²) in [4.78, 5) is 14.3. The van der Waals surface area contributed by atoms with Crippen LogP contribution in [0.5, 0.6) is 11.5 Å². The molecular formula is C21H22N2O3S. The van der Waals surface area contributed by atoms with Gasteiger partial charge in [-0.1, -0.05) is 29.8 Å². The van der Waals surface area contributed by atoms with E-state index in [0.717, 1.165) is 11.1 Å². The second-order valence-electron chi connectivity index (χ2n) is 6.12. The van der Waals surface area contributed by atoms with Crippen molar-refractivity contribution in [3.63, 3.8) is 0 Å². The fourth-order valence-electron chi connectivity index (χ4n) is 2.56. The van der Waals surface area contributed by atoms with Crippen LogP contribution in [0.3, 0.4) is 0 Å². The number of thiophene rings is 1. The van der Waals surface area contributed by atoms with Gasteiger partial charge in [-0.25, -0.2) is 4.79 Å². The number of benzene rings is 2. The third kappa shape index (κ3) is 5.32. The molecule has 1 heterocycles. The molecule has 1 aromatic heterocycles. The first-order chi connectivity index (χ1) is 13.2. The van der Waals surface area contributed by atoms with Crippen LogP contribution in [0.2, 0.25) is 0 Å². The SMILES string of the molecule is Cc1ccc(Oc2ccccc2NC(=O)N(CCO)Cc2ccsc2)cc1. The molecular weight excluding hydrogens is 360 g/mol. The minimum atomic E-state index is -0.282. The van der Waals surface area contributed by atoms with Gasteiger partial charge in [-0.2, -0.15) is 11.3 Å². The number of aliphatic hydroxyl groups is 1. The van der Waals surface area contributed by atoms with Gasteiger partial charge >= 0.3 is 6.03 Å². The van der Waals surface area contributed by atoms with E-state index in [1.54, 1.807) is 22.3 Å². The second kappa shape index (κ2) is 9.21. The molecule has 2 N–H and O–H groups in total. The van der Waals surface area contributed by atoms with Gasteiger partial charge in [0.05, 0.1) is 12.3 Å². The van der Waals surface area contributed by atoms with E-state index >= 15 is 0 Å². The number of hydrogen-bond donors (Lipinski definition) is 2. The molecule has 5 nitrogen and oxygen atoms in total. The molecule has 0 unspecified atom stereocenters. The maximum atomic E-state index is 12.7. The number of hydrogen-bond acceptors (Lipinski definition) is 4. The Bertz CT molecular complexity index is 863. The Kier molecular flexibility index (Phi) is 6.46. The maximum Gasteiger partial charge on any atom is 0.322 e. The first-order valence-corrected chi connectivity index (χ1v) is 9.61. The molecule has 0 saturated carbocycles. The van der Waals surface area contributed by atoms with Gasteiger partial charge in [0.15, 0.2) is 5.75 Å². The first kappa shape index (κ1) is 18.9. The van der Waals surface area contributed by atoms with Crippen LogP contribution in [0.15, 0.2) is 65.4 Å². The Balaban J connectivity index is 1.73. The molecule has 2 amide bonds. The summed E-state index contributed by atoms with van der Waals surface area (Å²) >= 11 is 1.58. The quantitative estimate of drug-likeness (QED) is 0.612. The average Bonchev–Trinajstić information content (AvgIpc) is 3.18. The second-order valence-corrected chi connectivity index (χ2v) is 6.90. The molecule has 0 bridgehead atoms. The molecule has 6 heteroatoms. The van der Waals surface area contributed by atoms with Crippen LogP contribution in [0.4, 0.5) is 10.5 Å². The molecule has 0 radical (unpaired) electrons. The van der Waals surface area contributed by atoms with E-state index in [2.05, 4.69) is 5.32 Å². The van der Waals surface area contributed by atoms with Crippen LogP contribution in [-0.4, -0.2) is 29.2 Å². The van der Waals surface area contributed by atoms with Crippen LogP contribution in [0, 0.1) is 6.92 Å². The van der Waals surface area contributed by atoms with Crippen molar-refractivity contribution in [3.8, 4) is 11.5 Å². The molecule has 0 fully saturated rings. The van der Waals surface area contributed by atoms with Crippen molar-refractivity contribution in [1.29, 1.82) is 0 Å². The summed E-state index contributed by atoms with van der Waals surface area (Å²) in [5, 5.41) is 16.2. The van der Waals surface area contributed by atoms with E-state index in [4.69, 9.17) is 4.74 Å². The zero-order chi connectivity index (χ0) is 19.1. The molecule has 27 heavy (non-hydrogen) atoms. The zero-order valence-electron chi connectivity index (χ0n) is 15.1. The number of aryl methyl sites for hydroxylation is 1. The van der Waals surface area contributed by atoms with Gasteiger partial charge in [0.2, 0.25) is 0 Å². The number of nitrogens with zero attached hydrogens (tertiary/aromatic N) is 1. The van der Waals surface area contributed by atoms with Gasteiger partial charge < -0.3 is 20.1 Å². The predicted octanol–water partition coefficient (Wildman–Crippen LogP) is 4.88. The highest BCUT2D eigenvalue weighted by Gasteiger charge is 2.16. The number of urea groups is 1. The van der Waals surface area contributed by atoms with Crippen LogP contribution in [0.25, 0.3) is 0 Å². The van der Waals surface area contributed by atoms with Crippen molar-refractivity contribution in [2.75, 3.05) is 18.5 Å². The van der Waals surface area contributed by atoms with Gasteiger partial charge in [-0.3, -0.25) is 0 Å². The molecule has 0 atom stereocenters. The van der Waals surface area contributed by atoms with E-state index < -0.39 is 0 Å². The highest BCUT2D eigenvalue weighted by molar-refractivity contribution is 7.07. The number of carbonyl (C=O) groups excluding carboxylic acids is 1. The summed E-state index contributed by atoms with van der Waals surface area (Å²) in [6.07, 6.45) is 0. The normalized spacial score (nSPS) is 10.4.